The van der Waals surface area contributed by atoms with Gasteiger partial charge in [0.2, 0.25) is 0 Å². The van der Waals surface area contributed by atoms with Gasteiger partial charge in [-0.3, -0.25) is 4.90 Å². The van der Waals surface area contributed by atoms with Gasteiger partial charge in [-0.15, -0.1) is 0 Å². The van der Waals surface area contributed by atoms with Gasteiger partial charge in [0.25, 0.3) is 0 Å². The van der Waals surface area contributed by atoms with Gasteiger partial charge in [0.05, 0.1) is 0 Å². The monoisotopic (exact) mass is 262 g/mol. The van der Waals surface area contributed by atoms with Gasteiger partial charge in [-0.2, -0.15) is 0 Å². The standard InChI is InChI=1S/C17H30N2/c1-4-12-18-13-8-9-14-19(16(2)3)15-17-10-6-5-7-11-17/h5-7,10-11,16,18H,4,8-9,12-15H2,1-3H3. The van der Waals surface area contributed by atoms with E-state index < -0.39 is 0 Å². The summed E-state index contributed by atoms with van der Waals surface area (Å²) in [6.07, 6.45) is 3.78. The fourth-order valence-corrected chi connectivity index (χ4v) is 2.20. The van der Waals surface area contributed by atoms with Crippen molar-refractivity contribution in [3.63, 3.8) is 0 Å². The van der Waals surface area contributed by atoms with E-state index >= 15 is 0 Å². The molecule has 0 saturated carbocycles. The zero-order chi connectivity index (χ0) is 13.9. The van der Waals surface area contributed by atoms with Gasteiger partial charge < -0.3 is 5.32 Å². The summed E-state index contributed by atoms with van der Waals surface area (Å²) in [5.41, 5.74) is 1.42. The van der Waals surface area contributed by atoms with Crippen LogP contribution in [0.1, 0.15) is 45.6 Å². The van der Waals surface area contributed by atoms with Gasteiger partial charge in [0, 0.05) is 12.6 Å². The van der Waals surface area contributed by atoms with Gasteiger partial charge in [0.1, 0.15) is 0 Å². The molecule has 0 spiro atoms. The minimum absolute atomic E-state index is 0.615. The van der Waals surface area contributed by atoms with E-state index in [2.05, 4.69) is 61.3 Å². The third-order valence-electron chi connectivity index (χ3n) is 3.43. The van der Waals surface area contributed by atoms with Gasteiger partial charge >= 0.3 is 0 Å². The van der Waals surface area contributed by atoms with Crippen LogP contribution in [0.25, 0.3) is 0 Å². The van der Waals surface area contributed by atoms with Gasteiger partial charge in [-0.25, -0.2) is 0 Å². The van der Waals surface area contributed by atoms with E-state index in [0.717, 1.165) is 19.6 Å². The summed E-state index contributed by atoms with van der Waals surface area (Å²) in [5, 5.41) is 3.47. The lowest BCUT2D eigenvalue weighted by molar-refractivity contribution is 0.208. The van der Waals surface area contributed by atoms with Crippen molar-refractivity contribution in [3.8, 4) is 0 Å². The molecule has 0 amide bonds. The Labute approximate surface area is 119 Å². The summed E-state index contributed by atoms with van der Waals surface area (Å²) < 4.78 is 0. The van der Waals surface area contributed by atoms with Gasteiger partial charge in [-0.1, -0.05) is 37.3 Å². The molecule has 0 bridgehead atoms. The van der Waals surface area contributed by atoms with Crippen LogP contribution in [0.15, 0.2) is 30.3 Å². The highest BCUT2D eigenvalue weighted by Crippen LogP contribution is 2.09. The first kappa shape index (κ1) is 16.2. The normalized spacial score (nSPS) is 11.4. The summed E-state index contributed by atoms with van der Waals surface area (Å²) >= 11 is 0. The minimum atomic E-state index is 0.615. The molecule has 2 nitrogen and oxygen atoms in total. The number of hydrogen-bond acceptors (Lipinski definition) is 2. The molecule has 1 N–H and O–H groups in total. The second-order valence-corrected chi connectivity index (χ2v) is 5.51. The lowest BCUT2D eigenvalue weighted by Gasteiger charge is -2.26. The molecule has 0 aliphatic heterocycles. The van der Waals surface area contributed by atoms with Crippen molar-refractivity contribution in [2.24, 2.45) is 0 Å². The molecule has 0 aromatic heterocycles. The summed E-state index contributed by atoms with van der Waals surface area (Å²) in [7, 11) is 0. The van der Waals surface area contributed by atoms with Crippen molar-refractivity contribution < 1.29 is 0 Å². The van der Waals surface area contributed by atoms with Crippen molar-refractivity contribution in [3.05, 3.63) is 35.9 Å². The highest BCUT2D eigenvalue weighted by atomic mass is 15.1. The summed E-state index contributed by atoms with van der Waals surface area (Å²) in [5.74, 6) is 0. The van der Waals surface area contributed by atoms with E-state index in [1.165, 1.54) is 31.4 Å². The van der Waals surface area contributed by atoms with Crippen molar-refractivity contribution in [1.29, 1.82) is 0 Å². The molecule has 0 aliphatic rings. The molecule has 0 fully saturated rings. The van der Waals surface area contributed by atoms with Crippen LogP contribution in [0.5, 0.6) is 0 Å². The SMILES string of the molecule is CCCNCCCCN(Cc1ccccc1)C(C)C. The van der Waals surface area contributed by atoms with Crippen molar-refractivity contribution in [2.45, 2.75) is 52.6 Å². The molecule has 0 atom stereocenters. The number of nitrogens with zero attached hydrogens (tertiary/aromatic N) is 1. The van der Waals surface area contributed by atoms with Gasteiger partial charge in [0.15, 0.2) is 0 Å². The van der Waals surface area contributed by atoms with Crippen molar-refractivity contribution in [1.82, 2.24) is 10.2 Å². The van der Waals surface area contributed by atoms with E-state index in [1.54, 1.807) is 0 Å². The lowest BCUT2D eigenvalue weighted by Crippen LogP contribution is -2.31. The van der Waals surface area contributed by atoms with E-state index in [1.807, 2.05) is 0 Å². The van der Waals surface area contributed by atoms with E-state index in [9.17, 15) is 0 Å². The molecule has 2 heteroatoms. The molecule has 1 aromatic rings. The van der Waals surface area contributed by atoms with Gasteiger partial charge in [-0.05, 0) is 58.3 Å². The third kappa shape index (κ3) is 7.34. The summed E-state index contributed by atoms with van der Waals surface area (Å²) in [6.45, 7) is 11.4. The molecule has 1 rings (SSSR count). The number of benzene rings is 1. The fourth-order valence-electron chi connectivity index (χ4n) is 2.20. The molecular weight excluding hydrogens is 232 g/mol. The Hall–Kier alpha value is -0.860. The first-order chi connectivity index (χ1) is 9.24. The van der Waals surface area contributed by atoms with E-state index in [4.69, 9.17) is 0 Å². The maximum atomic E-state index is 3.47. The third-order valence-corrected chi connectivity index (χ3v) is 3.43. The van der Waals surface area contributed by atoms with Crippen LogP contribution >= 0.6 is 0 Å². The lowest BCUT2D eigenvalue weighted by atomic mass is 10.1. The number of unbranched alkanes of at least 4 members (excludes halogenated alkanes) is 1. The molecule has 0 radical (unpaired) electrons. The predicted octanol–water partition coefficient (Wildman–Crippen LogP) is 3.68. The van der Waals surface area contributed by atoms with Crippen LogP contribution < -0.4 is 5.32 Å². The summed E-state index contributed by atoms with van der Waals surface area (Å²) in [4.78, 5) is 2.56. The maximum Gasteiger partial charge on any atom is 0.0236 e. The Morgan fingerprint density at radius 2 is 1.79 bits per heavy atom. The van der Waals surface area contributed by atoms with Crippen LogP contribution in [0, 0.1) is 0 Å². The van der Waals surface area contributed by atoms with Crippen LogP contribution in [0.2, 0.25) is 0 Å². The number of nitrogens with one attached hydrogen (secondary N) is 1. The van der Waals surface area contributed by atoms with E-state index in [-0.39, 0.29) is 0 Å². The van der Waals surface area contributed by atoms with Crippen LogP contribution in [-0.2, 0) is 6.54 Å². The van der Waals surface area contributed by atoms with Crippen LogP contribution in [-0.4, -0.2) is 30.6 Å². The molecule has 19 heavy (non-hydrogen) atoms. The maximum absolute atomic E-state index is 3.47. The topological polar surface area (TPSA) is 15.3 Å². The minimum Gasteiger partial charge on any atom is -0.317 e. The summed E-state index contributed by atoms with van der Waals surface area (Å²) in [6, 6.07) is 11.4. The predicted molar refractivity (Wildman–Crippen MR) is 84.4 cm³/mol. The van der Waals surface area contributed by atoms with Crippen molar-refractivity contribution in [2.75, 3.05) is 19.6 Å². The zero-order valence-corrected chi connectivity index (χ0v) is 12.9. The first-order valence-corrected chi connectivity index (χ1v) is 7.72. The average Bonchev–Trinajstić information content (AvgIpc) is 2.42. The number of hydrogen-bond donors (Lipinski definition) is 1. The molecular formula is C17H30N2. The highest BCUT2D eigenvalue weighted by molar-refractivity contribution is 5.14. The van der Waals surface area contributed by atoms with Crippen molar-refractivity contribution >= 4 is 0 Å². The molecule has 0 heterocycles. The second kappa shape index (κ2) is 9.99. The average molecular weight is 262 g/mol. The molecule has 108 valence electrons. The Bertz CT molecular complexity index is 308. The Balaban J connectivity index is 2.25. The highest BCUT2D eigenvalue weighted by Gasteiger charge is 2.09. The molecule has 1 aromatic carbocycles. The Morgan fingerprint density at radius 1 is 1.05 bits per heavy atom. The molecule has 0 unspecified atom stereocenters. The number of rotatable bonds is 10. The Kier molecular flexibility index (Phi) is 8.52. The Morgan fingerprint density at radius 3 is 2.42 bits per heavy atom. The van der Waals surface area contributed by atoms with Crippen LogP contribution in [0.4, 0.5) is 0 Å². The largest absolute Gasteiger partial charge is 0.317 e. The zero-order valence-electron chi connectivity index (χ0n) is 12.9. The fraction of sp³-hybridized carbons (Fsp3) is 0.647. The molecule has 0 saturated heterocycles. The smallest absolute Gasteiger partial charge is 0.0236 e. The first-order valence-electron chi connectivity index (χ1n) is 7.72. The quantitative estimate of drug-likeness (QED) is 0.647. The van der Waals surface area contributed by atoms with E-state index in [0.29, 0.717) is 6.04 Å². The molecule has 0 aliphatic carbocycles. The van der Waals surface area contributed by atoms with Crippen LogP contribution in [0.3, 0.4) is 0 Å². The second-order valence-electron chi connectivity index (χ2n) is 5.51.